The van der Waals surface area contributed by atoms with Gasteiger partial charge in [0.1, 0.15) is 0 Å². The van der Waals surface area contributed by atoms with Crippen molar-refractivity contribution in [3.8, 4) is 0 Å². The number of hydrogen-bond acceptors (Lipinski definition) is 1. The first kappa shape index (κ1) is 11.9. The summed E-state index contributed by atoms with van der Waals surface area (Å²) in [4.78, 5) is 11.2. The van der Waals surface area contributed by atoms with E-state index in [1.54, 1.807) is 0 Å². The van der Waals surface area contributed by atoms with Crippen molar-refractivity contribution in [3.63, 3.8) is 0 Å². The van der Waals surface area contributed by atoms with Gasteiger partial charge in [0.15, 0.2) is 0 Å². The molecule has 1 rings (SSSR count). The summed E-state index contributed by atoms with van der Waals surface area (Å²) in [5.74, 6) is 0. The molecule has 0 aliphatic rings. The molecule has 0 spiro atoms. The van der Waals surface area contributed by atoms with E-state index < -0.39 is 0 Å². The molecule has 0 aliphatic carbocycles. The highest BCUT2D eigenvalue weighted by molar-refractivity contribution is 6.31. The molecule has 0 atom stereocenters. The molecular weight excluding hydrogens is 212 g/mol. The van der Waals surface area contributed by atoms with Crippen molar-refractivity contribution >= 4 is 17.6 Å². The summed E-state index contributed by atoms with van der Waals surface area (Å²) in [5.41, 5.74) is 0.922. The number of benzene rings is 1. The predicted molar refractivity (Wildman–Crippen MR) is 62.0 cm³/mol. The second-order valence-electron chi connectivity index (χ2n) is 3.20. The highest BCUT2D eigenvalue weighted by Gasteiger charge is 2.01. The Kier molecular flexibility index (Phi) is 4.98. The van der Waals surface area contributed by atoms with Gasteiger partial charge in [-0.15, -0.1) is 0 Å². The van der Waals surface area contributed by atoms with E-state index in [-0.39, 0.29) is 6.03 Å². The Morgan fingerprint density at radius 3 is 2.73 bits per heavy atom. The smallest absolute Gasteiger partial charge is 0.315 e. The van der Waals surface area contributed by atoms with Crippen molar-refractivity contribution in [1.29, 1.82) is 0 Å². The molecule has 0 unspecified atom stereocenters. The van der Waals surface area contributed by atoms with Crippen LogP contribution in [0.15, 0.2) is 24.3 Å². The second-order valence-corrected chi connectivity index (χ2v) is 3.61. The maximum Gasteiger partial charge on any atom is 0.315 e. The van der Waals surface area contributed by atoms with Gasteiger partial charge in [-0.1, -0.05) is 36.7 Å². The lowest BCUT2D eigenvalue weighted by Crippen LogP contribution is -2.35. The fourth-order valence-electron chi connectivity index (χ4n) is 1.12. The molecule has 15 heavy (non-hydrogen) atoms. The van der Waals surface area contributed by atoms with Gasteiger partial charge in [-0.05, 0) is 18.1 Å². The number of rotatable bonds is 4. The van der Waals surface area contributed by atoms with Crippen molar-refractivity contribution in [1.82, 2.24) is 10.6 Å². The van der Waals surface area contributed by atoms with Crippen LogP contribution in [0.5, 0.6) is 0 Å². The molecule has 0 aromatic heterocycles. The molecule has 0 radical (unpaired) electrons. The van der Waals surface area contributed by atoms with Gasteiger partial charge >= 0.3 is 6.03 Å². The minimum Gasteiger partial charge on any atom is -0.338 e. The van der Waals surface area contributed by atoms with Crippen molar-refractivity contribution < 1.29 is 4.79 Å². The quantitative estimate of drug-likeness (QED) is 0.814. The molecule has 0 heterocycles. The molecular formula is C11H15ClN2O. The predicted octanol–water partition coefficient (Wildman–Crippen LogP) is 2.55. The van der Waals surface area contributed by atoms with E-state index in [4.69, 9.17) is 11.6 Å². The number of carbonyl (C=O) groups is 1. The zero-order chi connectivity index (χ0) is 11.1. The summed E-state index contributed by atoms with van der Waals surface area (Å²) in [6, 6.07) is 7.30. The first-order valence-electron chi connectivity index (χ1n) is 4.99. The normalized spacial score (nSPS) is 9.73. The van der Waals surface area contributed by atoms with Crippen molar-refractivity contribution in [2.24, 2.45) is 0 Å². The highest BCUT2D eigenvalue weighted by atomic mass is 35.5. The average Bonchev–Trinajstić information content (AvgIpc) is 2.25. The maximum absolute atomic E-state index is 11.2. The Hall–Kier alpha value is -1.22. The third-order valence-electron chi connectivity index (χ3n) is 1.93. The van der Waals surface area contributed by atoms with Crippen LogP contribution in [-0.4, -0.2) is 12.6 Å². The third kappa shape index (κ3) is 4.21. The zero-order valence-electron chi connectivity index (χ0n) is 8.72. The number of urea groups is 1. The van der Waals surface area contributed by atoms with Crippen LogP contribution in [0.3, 0.4) is 0 Å². The standard InChI is InChI=1S/C11H15ClN2O/c1-2-7-13-11(15)14-8-9-5-3-4-6-10(9)12/h3-6H,2,7-8H2,1H3,(H2,13,14,15). The van der Waals surface area contributed by atoms with Crippen LogP contribution in [-0.2, 0) is 6.54 Å². The maximum atomic E-state index is 11.2. The van der Waals surface area contributed by atoms with Gasteiger partial charge < -0.3 is 10.6 Å². The second kappa shape index (κ2) is 6.30. The van der Waals surface area contributed by atoms with Crippen LogP contribution in [0.4, 0.5) is 4.79 Å². The number of hydrogen-bond donors (Lipinski definition) is 2. The van der Waals surface area contributed by atoms with Crippen LogP contribution in [0, 0.1) is 0 Å². The summed E-state index contributed by atoms with van der Waals surface area (Å²) in [5, 5.41) is 6.14. The molecule has 1 aromatic rings. The van der Waals surface area contributed by atoms with Crippen LogP contribution in [0.1, 0.15) is 18.9 Å². The molecule has 0 saturated heterocycles. The van der Waals surface area contributed by atoms with Crippen molar-refractivity contribution in [2.45, 2.75) is 19.9 Å². The number of halogens is 1. The Bertz CT molecular complexity index is 328. The monoisotopic (exact) mass is 226 g/mol. The molecule has 2 N–H and O–H groups in total. The van der Waals surface area contributed by atoms with Gasteiger partial charge in [0.25, 0.3) is 0 Å². The molecule has 82 valence electrons. The van der Waals surface area contributed by atoms with Crippen LogP contribution in [0.25, 0.3) is 0 Å². The van der Waals surface area contributed by atoms with Gasteiger partial charge in [0.2, 0.25) is 0 Å². The summed E-state index contributed by atoms with van der Waals surface area (Å²) >= 11 is 5.94. The first-order chi connectivity index (χ1) is 7.24. The molecule has 2 amide bonds. The molecule has 0 fully saturated rings. The topological polar surface area (TPSA) is 41.1 Å². The van der Waals surface area contributed by atoms with Gasteiger partial charge in [0, 0.05) is 18.1 Å². The van der Waals surface area contributed by atoms with E-state index in [1.807, 2.05) is 31.2 Å². The molecule has 0 bridgehead atoms. The lowest BCUT2D eigenvalue weighted by Gasteiger charge is -2.07. The summed E-state index contributed by atoms with van der Waals surface area (Å²) in [6.45, 7) is 3.15. The fraction of sp³-hybridized carbons (Fsp3) is 0.364. The van der Waals surface area contributed by atoms with Crippen molar-refractivity contribution in [2.75, 3.05) is 6.54 Å². The molecule has 0 saturated carbocycles. The first-order valence-corrected chi connectivity index (χ1v) is 5.37. The van der Waals surface area contributed by atoms with E-state index in [1.165, 1.54) is 0 Å². The van der Waals surface area contributed by atoms with E-state index in [9.17, 15) is 4.79 Å². The fourth-order valence-corrected chi connectivity index (χ4v) is 1.32. The number of nitrogens with one attached hydrogen (secondary N) is 2. The lowest BCUT2D eigenvalue weighted by atomic mass is 10.2. The minimum absolute atomic E-state index is 0.156. The summed E-state index contributed by atoms with van der Waals surface area (Å²) in [6.07, 6.45) is 0.930. The zero-order valence-corrected chi connectivity index (χ0v) is 9.47. The SMILES string of the molecule is CCCNC(=O)NCc1ccccc1Cl. The van der Waals surface area contributed by atoms with Gasteiger partial charge in [-0.25, -0.2) is 4.79 Å². The molecule has 3 nitrogen and oxygen atoms in total. The average molecular weight is 227 g/mol. The molecule has 4 heteroatoms. The van der Waals surface area contributed by atoms with Crippen molar-refractivity contribution in [3.05, 3.63) is 34.9 Å². The molecule has 1 aromatic carbocycles. The Balaban J connectivity index is 2.37. The Labute approximate surface area is 94.8 Å². The summed E-state index contributed by atoms with van der Waals surface area (Å²) < 4.78 is 0. The van der Waals surface area contributed by atoms with E-state index in [2.05, 4.69) is 10.6 Å². The van der Waals surface area contributed by atoms with Crippen LogP contribution >= 0.6 is 11.6 Å². The summed E-state index contributed by atoms with van der Waals surface area (Å²) in [7, 11) is 0. The van der Waals surface area contributed by atoms with Crippen LogP contribution in [0.2, 0.25) is 5.02 Å². The lowest BCUT2D eigenvalue weighted by molar-refractivity contribution is 0.240. The Morgan fingerprint density at radius 2 is 2.07 bits per heavy atom. The molecule has 0 aliphatic heterocycles. The third-order valence-corrected chi connectivity index (χ3v) is 2.30. The van der Waals surface area contributed by atoms with Crippen LogP contribution < -0.4 is 10.6 Å². The van der Waals surface area contributed by atoms with E-state index in [0.717, 1.165) is 12.0 Å². The highest BCUT2D eigenvalue weighted by Crippen LogP contribution is 2.13. The number of amides is 2. The van der Waals surface area contributed by atoms with Gasteiger partial charge in [-0.2, -0.15) is 0 Å². The van der Waals surface area contributed by atoms with Gasteiger partial charge in [0.05, 0.1) is 0 Å². The van der Waals surface area contributed by atoms with Gasteiger partial charge in [-0.3, -0.25) is 0 Å². The van der Waals surface area contributed by atoms with E-state index in [0.29, 0.717) is 18.1 Å². The van der Waals surface area contributed by atoms with E-state index >= 15 is 0 Å². The largest absolute Gasteiger partial charge is 0.338 e. The minimum atomic E-state index is -0.156. The number of carbonyl (C=O) groups excluding carboxylic acids is 1. The Morgan fingerprint density at radius 1 is 1.33 bits per heavy atom.